The normalized spacial score (nSPS) is 29.1. The van der Waals surface area contributed by atoms with E-state index in [1.165, 1.54) is 38.8 Å². The van der Waals surface area contributed by atoms with Crippen molar-refractivity contribution < 1.29 is 5.11 Å². The van der Waals surface area contributed by atoms with Gasteiger partial charge in [-0.2, -0.15) is 0 Å². The number of piperidine rings is 1. The van der Waals surface area contributed by atoms with Crippen molar-refractivity contribution >= 4 is 0 Å². The summed E-state index contributed by atoms with van der Waals surface area (Å²) in [5.74, 6) is 0. The van der Waals surface area contributed by atoms with Crippen LogP contribution in [0.4, 0.5) is 0 Å². The van der Waals surface area contributed by atoms with Crippen LogP contribution in [0.1, 0.15) is 39.0 Å². The summed E-state index contributed by atoms with van der Waals surface area (Å²) < 4.78 is 0. The minimum Gasteiger partial charge on any atom is -0.392 e. The summed E-state index contributed by atoms with van der Waals surface area (Å²) >= 11 is 0. The van der Waals surface area contributed by atoms with Gasteiger partial charge in [0.2, 0.25) is 0 Å². The summed E-state index contributed by atoms with van der Waals surface area (Å²) in [5, 5.41) is 9.51. The van der Waals surface area contributed by atoms with Crippen LogP contribution in [-0.4, -0.2) is 35.7 Å². The molecule has 0 aromatic carbocycles. The first-order valence-corrected chi connectivity index (χ1v) is 5.64. The monoisotopic (exact) mass is 183 g/mol. The highest BCUT2D eigenvalue weighted by atomic mass is 16.3. The number of β-amino-alcohol motifs (C(OH)–C–C–N with tert-alkyl or cyclic N) is 1. The van der Waals surface area contributed by atoms with Crippen molar-refractivity contribution in [1.82, 2.24) is 4.90 Å². The Balaban J connectivity index is 1.71. The molecule has 1 aliphatic carbocycles. The molecule has 0 amide bonds. The van der Waals surface area contributed by atoms with Gasteiger partial charge in [0.1, 0.15) is 0 Å². The van der Waals surface area contributed by atoms with Gasteiger partial charge < -0.3 is 10.0 Å². The smallest absolute Gasteiger partial charge is 0.0664 e. The molecule has 0 radical (unpaired) electrons. The highest BCUT2D eigenvalue weighted by Crippen LogP contribution is 2.53. The molecule has 2 rings (SSSR count). The highest BCUT2D eigenvalue weighted by molar-refractivity contribution is 4.96. The standard InChI is InChI=1S/C11H21NO/c1-2-10(13)9-12-7-5-11(3-4-11)6-8-12/h10,13H,2-9H2,1H3/t10-/m1/s1. The van der Waals surface area contributed by atoms with E-state index in [0.717, 1.165) is 18.4 Å². The SMILES string of the molecule is CC[C@@H](O)CN1CCC2(CC1)CC2. The van der Waals surface area contributed by atoms with Crippen molar-refractivity contribution in [3.63, 3.8) is 0 Å². The third-order valence-electron chi connectivity index (χ3n) is 3.81. The molecule has 76 valence electrons. The molecule has 1 spiro atoms. The van der Waals surface area contributed by atoms with Crippen LogP contribution in [0.25, 0.3) is 0 Å². The minimum absolute atomic E-state index is 0.103. The van der Waals surface area contributed by atoms with Crippen molar-refractivity contribution in [1.29, 1.82) is 0 Å². The Kier molecular flexibility index (Phi) is 2.61. The molecule has 2 aliphatic rings. The lowest BCUT2D eigenvalue weighted by Crippen LogP contribution is -2.39. The van der Waals surface area contributed by atoms with Crippen LogP contribution in [0, 0.1) is 5.41 Å². The largest absolute Gasteiger partial charge is 0.392 e. The van der Waals surface area contributed by atoms with Crippen LogP contribution in [-0.2, 0) is 0 Å². The second-order valence-corrected chi connectivity index (χ2v) is 4.86. The number of aliphatic hydroxyl groups is 1. The fraction of sp³-hybridized carbons (Fsp3) is 1.00. The molecule has 1 heterocycles. The fourth-order valence-electron chi connectivity index (χ4n) is 2.31. The van der Waals surface area contributed by atoms with Crippen LogP contribution in [0.5, 0.6) is 0 Å². The maximum absolute atomic E-state index is 9.51. The lowest BCUT2D eigenvalue weighted by atomic mass is 9.93. The van der Waals surface area contributed by atoms with Crippen LogP contribution in [0.3, 0.4) is 0 Å². The predicted octanol–water partition coefficient (Wildman–Crippen LogP) is 1.63. The van der Waals surface area contributed by atoms with Gasteiger partial charge in [0.15, 0.2) is 0 Å². The van der Waals surface area contributed by atoms with E-state index in [1.54, 1.807) is 0 Å². The molecule has 1 atom stereocenters. The number of likely N-dealkylation sites (tertiary alicyclic amines) is 1. The van der Waals surface area contributed by atoms with E-state index in [2.05, 4.69) is 11.8 Å². The van der Waals surface area contributed by atoms with Gasteiger partial charge in [-0.05, 0) is 50.6 Å². The Hall–Kier alpha value is -0.0800. The van der Waals surface area contributed by atoms with Crippen molar-refractivity contribution in [2.75, 3.05) is 19.6 Å². The van der Waals surface area contributed by atoms with E-state index >= 15 is 0 Å². The Morgan fingerprint density at radius 1 is 1.23 bits per heavy atom. The lowest BCUT2D eigenvalue weighted by Gasteiger charge is -2.33. The molecule has 0 bridgehead atoms. The molecule has 1 N–H and O–H groups in total. The molecule has 1 saturated carbocycles. The minimum atomic E-state index is -0.103. The van der Waals surface area contributed by atoms with Gasteiger partial charge in [0.25, 0.3) is 0 Å². The van der Waals surface area contributed by atoms with Gasteiger partial charge >= 0.3 is 0 Å². The third kappa shape index (κ3) is 2.23. The molecular weight excluding hydrogens is 162 g/mol. The zero-order chi connectivity index (χ0) is 9.31. The second-order valence-electron chi connectivity index (χ2n) is 4.86. The fourth-order valence-corrected chi connectivity index (χ4v) is 2.31. The molecule has 1 saturated heterocycles. The Morgan fingerprint density at radius 2 is 1.85 bits per heavy atom. The summed E-state index contributed by atoms with van der Waals surface area (Å²) in [4.78, 5) is 2.43. The summed E-state index contributed by atoms with van der Waals surface area (Å²) in [6.07, 6.45) is 6.48. The number of hydrogen-bond donors (Lipinski definition) is 1. The predicted molar refractivity (Wildman–Crippen MR) is 53.6 cm³/mol. The van der Waals surface area contributed by atoms with Crippen LogP contribution in [0.2, 0.25) is 0 Å². The lowest BCUT2D eigenvalue weighted by molar-refractivity contribution is 0.0830. The number of aliphatic hydroxyl groups excluding tert-OH is 1. The van der Waals surface area contributed by atoms with Crippen LogP contribution < -0.4 is 0 Å². The van der Waals surface area contributed by atoms with Gasteiger partial charge in [0, 0.05) is 6.54 Å². The van der Waals surface area contributed by atoms with E-state index in [4.69, 9.17) is 0 Å². The van der Waals surface area contributed by atoms with Crippen LogP contribution in [0.15, 0.2) is 0 Å². The molecule has 13 heavy (non-hydrogen) atoms. The zero-order valence-electron chi connectivity index (χ0n) is 8.63. The first-order valence-electron chi connectivity index (χ1n) is 5.64. The number of hydrogen-bond acceptors (Lipinski definition) is 2. The Bertz CT molecular complexity index is 167. The van der Waals surface area contributed by atoms with Gasteiger partial charge in [-0.1, -0.05) is 6.92 Å². The topological polar surface area (TPSA) is 23.5 Å². The zero-order valence-corrected chi connectivity index (χ0v) is 8.63. The van der Waals surface area contributed by atoms with E-state index in [1.807, 2.05) is 0 Å². The van der Waals surface area contributed by atoms with E-state index in [9.17, 15) is 5.11 Å². The van der Waals surface area contributed by atoms with Gasteiger partial charge in [0.05, 0.1) is 6.10 Å². The first kappa shape index (κ1) is 9.47. The average molecular weight is 183 g/mol. The van der Waals surface area contributed by atoms with E-state index in [-0.39, 0.29) is 6.10 Å². The summed E-state index contributed by atoms with van der Waals surface area (Å²) in [6, 6.07) is 0. The van der Waals surface area contributed by atoms with Crippen molar-refractivity contribution in [2.24, 2.45) is 5.41 Å². The van der Waals surface area contributed by atoms with Crippen LogP contribution >= 0.6 is 0 Å². The Labute approximate surface area is 80.9 Å². The van der Waals surface area contributed by atoms with E-state index in [0.29, 0.717) is 0 Å². The summed E-state index contributed by atoms with van der Waals surface area (Å²) in [6.45, 7) is 5.39. The van der Waals surface area contributed by atoms with Gasteiger partial charge in [-0.25, -0.2) is 0 Å². The molecular formula is C11H21NO. The first-order chi connectivity index (χ1) is 6.24. The Morgan fingerprint density at radius 3 is 2.31 bits per heavy atom. The molecule has 0 aromatic heterocycles. The third-order valence-corrected chi connectivity index (χ3v) is 3.81. The van der Waals surface area contributed by atoms with Gasteiger partial charge in [-0.3, -0.25) is 0 Å². The van der Waals surface area contributed by atoms with E-state index < -0.39 is 0 Å². The highest BCUT2D eigenvalue weighted by Gasteiger charge is 2.44. The maximum Gasteiger partial charge on any atom is 0.0664 e. The molecule has 0 aromatic rings. The van der Waals surface area contributed by atoms with Crippen molar-refractivity contribution in [3.8, 4) is 0 Å². The molecule has 2 nitrogen and oxygen atoms in total. The maximum atomic E-state index is 9.51. The number of nitrogens with zero attached hydrogens (tertiary/aromatic N) is 1. The second kappa shape index (κ2) is 3.58. The van der Waals surface area contributed by atoms with Crippen molar-refractivity contribution in [3.05, 3.63) is 0 Å². The molecule has 1 aliphatic heterocycles. The van der Waals surface area contributed by atoms with Crippen molar-refractivity contribution in [2.45, 2.75) is 45.1 Å². The van der Waals surface area contributed by atoms with Gasteiger partial charge in [-0.15, -0.1) is 0 Å². The summed E-state index contributed by atoms with van der Waals surface area (Å²) in [7, 11) is 0. The molecule has 2 heteroatoms. The summed E-state index contributed by atoms with van der Waals surface area (Å²) in [5.41, 5.74) is 0.771. The quantitative estimate of drug-likeness (QED) is 0.719. The average Bonchev–Trinajstić information content (AvgIpc) is 2.90. The number of rotatable bonds is 3. The molecule has 2 fully saturated rings. The molecule has 0 unspecified atom stereocenters.